The molecule has 0 saturated carbocycles. The van der Waals surface area contributed by atoms with E-state index in [9.17, 15) is 9.18 Å². The maximum atomic E-state index is 13.5. The summed E-state index contributed by atoms with van der Waals surface area (Å²) in [5.74, 6) is -1.10. The van der Waals surface area contributed by atoms with Gasteiger partial charge in [-0.15, -0.1) is 0 Å². The third-order valence-corrected chi connectivity index (χ3v) is 2.47. The molecule has 1 aromatic heterocycles. The first-order chi connectivity index (χ1) is 9.65. The average molecular weight is 277 g/mol. The molecule has 2 aromatic rings. The number of carbonyl (C=O) groups excluding carboxylic acids is 1. The molecule has 0 aliphatic rings. The van der Waals surface area contributed by atoms with Crippen molar-refractivity contribution in [3.63, 3.8) is 0 Å². The molecule has 1 heterocycles. The number of benzene rings is 1. The second-order valence-electron chi connectivity index (χ2n) is 3.71. The molecule has 2 rings (SSSR count). The molecule has 0 radical (unpaired) electrons. The van der Waals surface area contributed by atoms with Crippen molar-refractivity contribution >= 4 is 11.6 Å². The van der Waals surface area contributed by atoms with Crippen molar-refractivity contribution in [3.8, 4) is 11.9 Å². The Bertz CT molecular complexity index is 634. The van der Waals surface area contributed by atoms with E-state index in [-0.39, 0.29) is 23.1 Å². The standard InChI is InChI=1S/C13H12FN3O3/c1-19-12-10(7-15-13(17-12)20-2)16-11(18)8-5-3-4-6-9(8)14/h3-7H,1-2H3,(H,16,18). The lowest BCUT2D eigenvalue weighted by atomic mass is 10.2. The van der Waals surface area contributed by atoms with Crippen LogP contribution >= 0.6 is 0 Å². The molecule has 1 aromatic carbocycles. The summed E-state index contributed by atoms with van der Waals surface area (Å²) in [5, 5.41) is 2.49. The van der Waals surface area contributed by atoms with Gasteiger partial charge in [0.25, 0.3) is 5.91 Å². The van der Waals surface area contributed by atoms with Gasteiger partial charge in [0.1, 0.15) is 11.5 Å². The van der Waals surface area contributed by atoms with Crippen LogP contribution in [0.1, 0.15) is 10.4 Å². The number of rotatable bonds is 4. The predicted molar refractivity (Wildman–Crippen MR) is 69.5 cm³/mol. The summed E-state index contributed by atoms with van der Waals surface area (Å²) in [6, 6.07) is 5.76. The van der Waals surface area contributed by atoms with Crippen molar-refractivity contribution in [2.24, 2.45) is 0 Å². The van der Waals surface area contributed by atoms with E-state index in [2.05, 4.69) is 15.3 Å². The van der Waals surface area contributed by atoms with Gasteiger partial charge in [-0.2, -0.15) is 4.98 Å². The van der Waals surface area contributed by atoms with E-state index < -0.39 is 11.7 Å². The minimum Gasteiger partial charge on any atom is -0.479 e. The zero-order chi connectivity index (χ0) is 14.5. The molecule has 0 atom stereocenters. The summed E-state index contributed by atoms with van der Waals surface area (Å²) >= 11 is 0. The molecule has 0 aliphatic heterocycles. The minimum absolute atomic E-state index is 0.0784. The first-order valence-electron chi connectivity index (χ1n) is 5.66. The molecular weight excluding hydrogens is 265 g/mol. The predicted octanol–water partition coefficient (Wildman–Crippen LogP) is 1.89. The third-order valence-electron chi connectivity index (χ3n) is 2.47. The van der Waals surface area contributed by atoms with Crippen molar-refractivity contribution in [1.29, 1.82) is 0 Å². The van der Waals surface area contributed by atoms with Crippen LogP contribution in [0.4, 0.5) is 10.1 Å². The SMILES string of the molecule is COc1ncc(NC(=O)c2ccccc2F)c(OC)n1. The van der Waals surface area contributed by atoms with Crippen LogP contribution in [0.3, 0.4) is 0 Å². The summed E-state index contributed by atoms with van der Waals surface area (Å²) in [5.41, 5.74) is 0.145. The fourth-order valence-electron chi connectivity index (χ4n) is 1.53. The van der Waals surface area contributed by atoms with Gasteiger partial charge in [0.2, 0.25) is 5.88 Å². The highest BCUT2D eigenvalue weighted by Gasteiger charge is 2.15. The first-order valence-corrected chi connectivity index (χ1v) is 5.66. The Morgan fingerprint density at radius 2 is 2.00 bits per heavy atom. The van der Waals surface area contributed by atoms with Crippen molar-refractivity contribution in [3.05, 3.63) is 41.8 Å². The Morgan fingerprint density at radius 1 is 1.25 bits per heavy atom. The van der Waals surface area contributed by atoms with E-state index in [1.165, 1.54) is 38.6 Å². The number of halogens is 1. The summed E-state index contributed by atoms with van der Waals surface area (Å²) in [7, 11) is 2.80. The van der Waals surface area contributed by atoms with Crippen LogP contribution in [-0.2, 0) is 0 Å². The number of hydrogen-bond acceptors (Lipinski definition) is 5. The Labute approximate surface area is 114 Å². The molecule has 0 saturated heterocycles. The summed E-state index contributed by atoms with van der Waals surface area (Å²) < 4.78 is 23.4. The van der Waals surface area contributed by atoms with Gasteiger partial charge >= 0.3 is 6.01 Å². The molecule has 7 heteroatoms. The molecule has 0 fully saturated rings. The number of amides is 1. The van der Waals surface area contributed by atoms with Crippen LogP contribution in [0.2, 0.25) is 0 Å². The highest BCUT2D eigenvalue weighted by molar-refractivity contribution is 6.04. The van der Waals surface area contributed by atoms with Crippen LogP contribution in [0.5, 0.6) is 11.9 Å². The Balaban J connectivity index is 2.26. The van der Waals surface area contributed by atoms with Crippen molar-refractivity contribution in [2.45, 2.75) is 0 Å². The van der Waals surface area contributed by atoms with Gasteiger partial charge in [0.05, 0.1) is 26.0 Å². The van der Waals surface area contributed by atoms with Crippen LogP contribution in [-0.4, -0.2) is 30.1 Å². The highest BCUT2D eigenvalue weighted by Crippen LogP contribution is 2.23. The minimum atomic E-state index is -0.616. The number of methoxy groups -OCH3 is 2. The van der Waals surface area contributed by atoms with Crippen LogP contribution in [0.15, 0.2) is 30.5 Å². The largest absolute Gasteiger partial charge is 0.479 e. The zero-order valence-electron chi connectivity index (χ0n) is 10.9. The Hall–Kier alpha value is -2.70. The zero-order valence-corrected chi connectivity index (χ0v) is 10.9. The van der Waals surface area contributed by atoms with E-state index >= 15 is 0 Å². The molecule has 1 N–H and O–H groups in total. The molecular formula is C13H12FN3O3. The van der Waals surface area contributed by atoms with Crippen molar-refractivity contribution in [1.82, 2.24) is 9.97 Å². The molecule has 104 valence electrons. The second-order valence-corrected chi connectivity index (χ2v) is 3.71. The Morgan fingerprint density at radius 3 is 2.65 bits per heavy atom. The van der Waals surface area contributed by atoms with Gasteiger partial charge in [-0.05, 0) is 12.1 Å². The van der Waals surface area contributed by atoms with Crippen LogP contribution in [0.25, 0.3) is 0 Å². The molecule has 1 amide bonds. The molecule has 0 bridgehead atoms. The molecule has 0 spiro atoms. The number of nitrogens with one attached hydrogen (secondary N) is 1. The quantitative estimate of drug-likeness (QED) is 0.923. The van der Waals surface area contributed by atoms with E-state index in [1.807, 2.05) is 0 Å². The lowest BCUT2D eigenvalue weighted by Gasteiger charge is -2.09. The topological polar surface area (TPSA) is 73.3 Å². The maximum absolute atomic E-state index is 13.5. The molecule has 6 nitrogen and oxygen atoms in total. The number of ether oxygens (including phenoxy) is 2. The van der Waals surface area contributed by atoms with E-state index in [1.54, 1.807) is 6.07 Å². The molecule has 0 unspecified atom stereocenters. The summed E-state index contributed by atoms with van der Waals surface area (Å²) in [6.07, 6.45) is 1.32. The first kappa shape index (κ1) is 13.7. The number of carbonyl (C=O) groups is 1. The van der Waals surface area contributed by atoms with Gasteiger partial charge in [0, 0.05) is 0 Å². The summed E-state index contributed by atoms with van der Waals surface area (Å²) in [4.78, 5) is 19.7. The second kappa shape index (κ2) is 5.96. The fraction of sp³-hybridized carbons (Fsp3) is 0.154. The van der Waals surface area contributed by atoms with Gasteiger partial charge in [-0.1, -0.05) is 12.1 Å². The van der Waals surface area contributed by atoms with Gasteiger partial charge < -0.3 is 14.8 Å². The maximum Gasteiger partial charge on any atom is 0.319 e. The van der Waals surface area contributed by atoms with Gasteiger partial charge in [0.15, 0.2) is 0 Å². The number of nitrogens with zero attached hydrogens (tertiary/aromatic N) is 2. The molecule has 20 heavy (non-hydrogen) atoms. The Kier molecular flexibility index (Phi) is 4.09. The van der Waals surface area contributed by atoms with Crippen LogP contribution < -0.4 is 14.8 Å². The normalized spacial score (nSPS) is 9.95. The monoisotopic (exact) mass is 277 g/mol. The van der Waals surface area contributed by atoms with Crippen molar-refractivity contribution < 1.29 is 18.7 Å². The number of hydrogen-bond donors (Lipinski definition) is 1. The third kappa shape index (κ3) is 2.82. The highest BCUT2D eigenvalue weighted by atomic mass is 19.1. The van der Waals surface area contributed by atoms with E-state index in [0.717, 1.165) is 0 Å². The van der Waals surface area contributed by atoms with Crippen LogP contribution in [0, 0.1) is 5.82 Å². The lowest BCUT2D eigenvalue weighted by Crippen LogP contribution is -2.15. The number of aromatic nitrogens is 2. The van der Waals surface area contributed by atoms with Gasteiger partial charge in [-0.25, -0.2) is 9.37 Å². The number of anilines is 1. The lowest BCUT2D eigenvalue weighted by molar-refractivity contribution is 0.102. The van der Waals surface area contributed by atoms with E-state index in [0.29, 0.717) is 0 Å². The van der Waals surface area contributed by atoms with Gasteiger partial charge in [-0.3, -0.25) is 4.79 Å². The summed E-state index contributed by atoms with van der Waals surface area (Å²) in [6.45, 7) is 0. The average Bonchev–Trinajstić information content (AvgIpc) is 2.48. The van der Waals surface area contributed by atoms with Crippen molar-refractivity contribution in [2.75, 3.05) is 19.5 Å². The fourth-order valence-corrected chi connectivity index (χ4v) is 1.53. The van der Waals surface area contributed by atoms with E-state index in [4.69, 9.17) is 9.47 Å². The smallest absolute Gasteiger partial charge is 0.319 e. The molecule has 0 aliphatic carbocycles.